The van der Waals surface area contributed by atoms with Crippen molar-refractivity contribution in [3.8, 4) is 0 Å². The molecular weight excluding hydrogens is 344 g/mol. The predicted molar refractivity (Wildman–Crippen MR) is 121 cm³/mol. The Morgan fingerprint density at radius 3 is 1.96 bits per heavy atom. The molecule has 0 spiro atoms. The van der Waals surface area contributed by atoms with Crippen LogP contribution in [0.5, 0.6) is 0 Å². The third-order valence-electron chi connectivity index (χ3n) is 6.19. The number of ether oxygens (including phenoxy) is 1. The molecule has 0 unspecified atom stereocenters. The van der Waals surface area contributed by atoms with Gasteiger partial charge < -0.3 is 4.74 Å². The Labute approximate surface area is 175 Å². The Morgan fingerprint density at radius 1 is 0.964 bits per heavy atom. The summed E-state index contributed by atoms with van der Waals surface area (Å²) in [5, 5.41) is 0. The monoisotopic (exact) mass is 390 g/mol. The summed E-state index contributed by atoms with van der Waals surface area (Å²) in [6.07, 6.45) is 21.9. The van der Waals surface area contributed by atoms with Crippen molar-refractivity contribution in [3.63, 3.8) is 0 Å². The standard InChI is InChI=1S/C26H46O2/c1-5-6-7-8-9-10-11-12-13-14-15-16-17-18-26(27)28-25-21-24(22(2)3)20-19-23(25)4/h19,24-25H,2,5-18,20-21H2,1,3-4H3/t24-,25+/m1/s1. The zero-order valence-electron chi connectivity index (χ0n) is 19.1. The van der Waals surface area contributed by atoms with Crippen molar-refractivity contribution < 1.29 is 9.53 Å². The Bertz CT molecular complexity index is 463. The van der Waals surface area contributed by atoms with Crippen molar-refractivity contribution in [2.75, 3.05) is 0 Å². The summed E-state index contributed by atoms with van der Waals surface area (Å²) in [6.45, 7) is 10.5. The Hall–Kier alpha value is -1.05. The van der Waals surface area contributed by atoms with E-state index in [0.29, 0.717) is 12.3 Å². The number of unbranched alkanes of at least 4 members (excludes halogenated alkanes) is 12. The van der Waals surface area contributed by atoms with E-state index in [1.807, 2.05) is 0 Å². The molecule has 0 aromatic carbocycles. The molecule has 0 heterocycles. The molecule has 162 valence electrons. The normalized spacial score (nSPS) is 19.3. The molecule has 0 radical (unpaired) electrons. The van der Waals surface area contributed by atoms with Gasteiger partial charge in [0.2, 0.25) is 0 Å². The van der Waals surface area contributed by atoms with Crippen LogP contribution in [0.2, 0.25) is 0 Å². The van der Waals surface area contributed by atoms with E-state index in [1.165, 1.54) is 81.8 Å². The maximum absolute atomic E-state index is 12.2. The van der Waals surface area contributed by atoms with Crippen LogP contribution in [0, 0.1) is 5.92 Å². The van der Waals surface area contributed by atoms with E-state index in [-0.39, 0.29) is 12.1 Å². The molecule has 0 N–H and O–H groups in total. The fraction of sp³-hybridized carbons (Fsp3) is 0.808. The molecular formula is C26H46O2. The fourth-order valence-corrected chi connectivity index (χ4v) is 4.05. The van der Waals surface area contributed by atoms with E-state index < -0.39 is 0 Å². The van der Waals surface area contributed by atoms with Gasteiger partial charge in [-0.15, -0.1) is 0 Å². The first-order valence-electron chi connectivity index (χ1n) is 12.1. The van der Waals surface area contributed by atoms with Gasteiger partial charge in [0.1, 0.15) is 6.10 Å². The molecule has 28 heavy (non-hydrogen) atoms. The molecule has 1 aliphatic carbocycles. The largest absolute Gasteiger partial charge is 0.458 e. The number of esters is 1. The van der Waals surface area contributed by atoms with Gasteiger partial charge in [-0.1, -0.05) is 102 Å². The van der Waals surface area contributed by atoms with Crippen molar-refractivity contribution in [2.45, 2.75) is 130 Å². The Morgan fingerprint density at radius 2 is 1.46 bits per heavy atom. The van der Waals surface area contributed by atoms with Crippen LogP contribution in [0.1, 0.15) is 124 Å². The summed E-state index contributed by atoms with van der Waals surface area (Å²) in [5.74, 6) is 0.432. The molecule has 0 fully saturated rings. The molecule has 0 aromatic rings. The van der Waals surface area contributed by atoms with Gasteiger partial charge in [0.15, 0.2) is 0 Å². The van der Waals surface area contributed by atoms with E-state index in [9.17, 15) is 4.79 Å². The van der Waals surface area contributed by atoms with E-state index >= 15 is 0 Å². The van der Waals surface area contributed by atoms with E-state index in [1.54, 1.807) is 0 Å². The molecule has 2 heteroatoms. The minimum Gasteiger partial charge on any atom is -0.458 e. The maximum Gasteiger partial charge on any atom is 0.306 e. The van der Waals surface area contributed by atoms with Crippen LogP contribution in [0.3, 0.4) is 0 Å². The number of hydrogen-bond donors (Lipinski definition) is 0. The van der Waals surface area contributed by atoms with Gasteiger partial charge in [0.25, 0.3) is 0 Å². The zero-order chi connectivity index (χ0) is 20.6. The van der Waals surface area contributed by atoms with Crippen molar-refractivity contribution in [1.82, 2.24) is 0 Å². The number of allylic oxidation sites excluding steroid dienone is 2. The lowest BCUT2D eigenvalue weighted by Crippen LogP contribution is -2.26. The SMILES string of the molecule is C=C(C)[C@@H]1CC=C(C)[C@@H](OC(=O)CCCCCCCCCCCCCCC)C1. The fourth-order valence-electron chi connectivity index (χ4n) is 4.05. The molecule has 0 saturated heterocycles. The lowest BCUT2D eigenvalue weighted by Gasteiger charge is -2.28. The van der Waals surface area contributed by atoms with E-state index in [0.717, 1.165) is 25.7 Å². The van der Waals surface area contributed by atoms with Crippen LogP contribution in [0.15, 0.2) is 23.8 Å². The highest BCUT2D eigenvalue weighted by atomic mass is 16.5. The minimum atomic E-state index is -0.0371. The van der Waals surface area contributed by atoms with E-state index in [4.69, 9.17) is 4.74 Å². The van der Waals surface area contributed by atoms with Gasteiger partial charge in [0.05, 0.1) is 0 Å². The van der Waals surface area contributed by atoms with Crippen molar-refractivity contribution >= 4 is 5.97 Å². The summed E-state index contributed by atoms with van der Waals surface area (Å²) in [7, 11) is 0. The van der Waals surface area contributed by atoms with Crippen molar-refractivity contribution in [1.29, 1.82) is 0 Å². The smallest absolute Gasteiger partial charge is 0.306 e. The maximum atomic E-state index is 12.2. The quantitative estimate of drug-likeness (QED) is 0.150. The van der Waals surface area contributed by atoms with Crippen LogP contribution < -0.4 is 0 Å². The van der Waals surface area contributed by atoms with Gasteiger partial charge in [-0.2, -0.15) is 0 Å². The first kappa shape index (κ1) is 25.0. The third-order valence-corrected chi connectivity index (χ3v) is 6.19. The third kappa shape index (κ3) is 11.7. The van der Waals surface area contributed by atoms with Crippen LogP contribution in [-0.4, -0.2) is 12.1 Å². The molecule has 0 bridgehead atoms. The minimum absolute atomic E-state index is 0.0248. The van der Waals surface area contributed by atoms with Gasteiger partial charge in [-0.05, 0) is 44.6 Å². The molecule has 0 aliphatic heterocycles. The van der Waals surface area contributed by atoms with Crippen LogP contribution in [0.4, 0.5) is 0 Å². The lowest BCUT2D eigenvalue weighted by molar-refractivity contribution is -0.148. The summed E-state index contributed by atoms with van der Waals surface area (Å²) in [4.78, 5) is 12.2. The van der Waals surface area contributed by atoms with E-state index in [2.05, 4.69) is 33.4 Å². The molecule has 0 amide bonds. The summed E-state index contributed by atoms with van der Waals surface area (Å²) in [5.41, 5.74) is 2.40. The predicted octanol–water partition coefficient (Wildman–Crippen LogP) is 8.31. The van der Waals surface area contributed by atoms with Crippen LogP contribution in [-0.2, 0) is 9.53 Å². The highest BCUT2D eigenvalue weighted by Gasteiger charge is 2.25. The van der Waals surface area contributed by atoms with Crippen molar-refractivity contribution in [2.24, 2.45) is 5.92 Å². The first-order chi connectivity index (χ1) is 13.5. The summed E-state index contributed by atoms with van der Waals surface area (Å²) in [6, 6.07) is 0. The second kappa shape index (κ2) is 15.8. The van der Waals surface area contributed by atoms with Gasteiger partial charge in [-0.25, -0.2) is 0 Å². The van der Waals surface area contributed by atoms with Gasteiger partial charge >= 0.3 is 5.97 Å². The molecule has 2 atom stereocenters. The summed E-state index contributed by atoms with van der Waals surface area (Å²) >= 11 is 0. The zero-order valence-corrected chi connectivity index (χ0v) is 19.1. The molecule has 0 aromatic heterocycles. The molecule has 1 aliphatic rings. The molecule has 0 saturated carbocycles. The van der Waals surface area contributed by atoms with Crippen LogP contribution in [0.25, 0.3) is 0 Å². The number of carbonyl (C=O) groups excluding carboxylic acids is 1. The average Bonchev–Trinajstić information content (AvgIpc) is 2.67. The second-order valence-corrected chi connectivity index (χ2v) is 8.93. The highest BCUT2D eigenvalue weighted by Crippen LogP contribution is 2.30. The number of hydrogen-bond acceptors (Lipinski definition) is 2. The van der Waals surface area contributed by atoms with Gasteiger partial charge in [-0.3, -0.25) is 4.79 Å². The topological polar surface area (TPSA) is 26.3 Å². The van der Waals surface area contributed by atoms with Gasteiger partial charge in [0, 0.05) is 6.42 Å². The highest BCUT2D eigenvalue weighted by molar-refractivity contribution is 5.69. The van der Waals surface area contributed by atoms with Crippen LogP contribution >= 0.6 is 0 Å². The number of rotatable bonds is 16. The summed E-state index contributed by atoms with van der Waals surface area (Å²) < 4.78 is 5.74. The van der Waals surface area contributed by atoms with Crippen molar-refractivity contribution in [3.05, 3.63) is 23.8 Å². The first-order valence-corrected chi connectivity index (χ1v) is 12.1. The Balaban J connectivity index is 1.96. The molecule has 1 rings (SSSR count). The second-order valence-electron chi connectivity index (χ2n) is 8.93. The lowest BCUT2D eigenvalue weighted by atomic mass is 9.84. The molecule has 2 nitrogen and oxygen atoms in total. The Kier molecular flexibility index (Phi) is 14.1. The average molecular weight is 391 g/mol. The number of carbonyl (C=O) groups is 1.